The number of carbonyl (C=O) groups is 1. The molecule has 1 aromatic heterocycles. The lowest BCUT2D eigenvalue weighted by Gasteiger charge is -2.07. The SMILES string of the molecule is COc1cc(CNCC(=O)NCc2ccccc2)ccn1. The molecule has 5 heteroatoms. The number of amides is 1. The predicted octanol–water partition coefficient (Wildman–Crippen LogP) is 1.50. The third-order valence-corrected chi connectivity index (χ3v) is 2.96. The van der Waals surface area contributed by atoms with Crippen molar-refractivity contribution in [2.24, 2.45) is 0 Å². The number of nitrogens with one attached hydrogen (secondary N) is 2. The van der Waals surface area contributed by atoms with Crippen LogP contribution in [0.5, 0.6) is 5.88 Å². The molecule has 21 heavy (non-hydrogen) atoms. The lowest BCUT2D eigenvalue weighted by atomic mass is 10.2. The van der Waals surface area contributed by atoms with Crippen LogP contribution in [-0.4, -0.2) is 24.5 Å². The molecule has 2 rings (SSSR count). The number of pyridine rings is 1. The molecule has 5 nitrogen and oxygen atoms in total. The monoisotopic (exact) mass is 285 g/mol. The molecule has 110 valence electrons. The van der Waals surface area contributed by atoms with Crippen molar-refractivity contribution in [3.05, 3.63) is 59.8 Å². The van der Waals surface area contributed by atoms with Crippen LogP contribution in [0.25, 0.3) is 0 Å². The first kappa shape index (κ1) is 15.0. The molecular formula is C16H19N3O2. The van der Waals surface area contributed by atoms with Gasteiger partial charge in [-0.25, -0.2) is 4.98 Å². The zero-order valence-electron chi connectivity index (χ0n) is 12.0. The molecule has 0 aliphatic rings. The van der Waals surface area contributed by atoms with Crippen LogP contribution in [-0.2, 0) is 17.9 Å². The van der Waals surface area contributed by atoms with Gasteiger partial charge in [-0.15, -0.1) is 0 Å². The number of hydrogen-bond donors (Lipinski definition) is 2. The van der Waals surface area contributed by atoms with E-state index >= 15 is 0 Å². The van der Waals surface area contributed by atoms with Crippen molar-refractivity contribution in [1.82, 2.24) is 15.6 Å². The van der Waals surface area contributed by atoms with Crippen LogP contribution in [0.15, 0.2) is 48.7 Å². The second-order valence-electron chi connectivity index (χ2n) is 4.57. The average Bonchev–Trinajstić information content (AvgIpc) is 2.54. The van der Waals surface area contributed by atoms with Crippen LogP contribution in [0.1, 0.15) is 11.1 Å². The van der Waals surface area contributed by atoms with Crippen LogP contribution >= 0.6 is 0 Å². The van der Waals surface area contributed by atoms with E-state index in [4.69, 9.17) is 4.74 Å². The largest absolute Gasteiger partial charge is 0.481 e. The smallest absolute Gasteiger partial charge is 0.234 e. The van der Waals surface area contributed by atoms with Gasteiger partial charge in [0.25, 0.3) is 0 Å². The standard InChI is InChI=1S/C16H19N3O2/c1-21-16-9-14(7-8-18-16)10-17-12-15(20)19-11-13-5-3-2-4-6-13/h2-9,17H,10-12H2,1H3,(H,19,20). The summed E-state index contributed by atoms with van der Waals surface area (Å²) in [5.41, 5.74) is 2.11. The van der Waals surface area contributed by atoms with Gasteiger partial charge in [0.05, 0.1) is 13.7 Å². The third kappa shape index (κ3) is 5.24. The minimum Gasteiger partial charge on any atom is -0.481 e. The van der Waals surface area contributed by atoms with E-state index in [0.717, 1.165) is 11.1 Å². The Hall–Kier alpha value is -2.40. The highest BCUT2D eigenvalue weighted by Gasteiger charge is 2.02. The van der Waals surface area contributed by atoms with Crippen LogP contribution in [0, 0.1) is 0 Å². The molecule has 2 N–H and O–H groups in total. The topological polar surface area (TPSA) is 63.2 Å². The molecule has 0 fully saturated rings. The lowest BCUT2D eigenvalue weighted by molar-refractivity contribution is -0.120. The van der Waals surface area contributed by atoms with Crippen LogP contribution < -0.4 is 15.4 Å². The summed E-state index contributed by atoms with van der Waals surface area (Å²) in [7, 11) is 1.58. The minimum atomic E-state index is -0.0279. The van der Waals surface area contributed by atoms with Crippen LogP contribution in [0.2, 0.25) is 0 Å². The Morgan fingerprint density at radius 2 is 1.95 bits per heavy atom. The first-order chi connectivity index (χ1) is 10.3. The van der Waals surface area contributed by atoms with Crippen molar-refractivity contribution in [3.63, 3.8) is 0 Å². The van der Waals surface area contributed by atoms with Gasteiger partial charge in [-0.05, 0) is 17.2 Å². The Balaban J connectivity index is 1.69. The Morgan fingerprint density at radius 1 is 1.14 bits per heavy atom. The molecule has 0 saturated carbocycles. The lowest BCUT2D eigenvalue weighted by Crippen LogP contribution is -2.33. The second kappa shape index (κ2) is 8.01. The van der Waals surface area contributed by atoms with E-state index < -0.39 is 0 Å². The summed E-state index contributed by atoms with van der Waals surface area (Å²) in [5, 5.41) is 5.96. The van der Waals surface area contributed by atoms with Gasteiger partial charge in [0.1, 0.15) is 0 Å². The molecule has 0 spiro atoms. The quantitative estimate of drug-likeness (QED) is 0.809. The number of aromatic nitrogens is 1. The van der Waals surface area contributed by atoms with Crippen molar-refractivity contribution >= 4 is 5.91 Å². The number of carbonyl (C=O) groups excluding carboxylic acids is 1. The van der Waals surface area contributed by atoms with Gasteiger partial charge in [0.15, 0.2) is 0 Å². The highest BCUT2D eigenvalue weighted by Crippen LogP contribution is 2.07. The number of benzene rings is 1. The molecule has 0 radical (unpaired) electrons. The molecule has 0 bridgehead atoms. The first-order valence-corrected chi connectivity index (χ1v) is 6.78. The van der Waals surface area contributed by atoms with Crippen LogP contribution in [0.4, 0.5) is 0 Å². The Bertz CT molecular complexity index is 573. The molecular weight excluding hydrogens is 266 g/mol. The van der Waals surface area contributed by atoms with Crippen molar-refractivity contribution in [2.75, 3.05) is 13.7 Å². The number of ether oxygens (including phenoxy) is 1. The summed E-state index contributed by atoms with van der Waals surface area (Å²) in [5.74, 6) is 0.544. The van der Waals surface area contributed by atoms with Gasteiger partial charge in [-0.1, -0.05) is 30.3 Å². The minimum absolute atomic E-state index is 0.0279. The number of hydrogen-bond acceptors (Lipinski definition) is 4. The van der Waals surface area contributed by atoms with E-state index in [-0.39, 0.29) is 12.5 Å². The predicted molar refractivity (Wildman–Crippen MR) is 80.8 cm³/mol. The molecule has 0 atom stereocenters. The summed E-state index contributed by atoms with van der Waals surface area (Å²) in [6.07, 6.45) is 1.69. The van der Waals surface area contributed by atoms with Crippen molar-refractivity contribution in [1.29, 1.82) is 0 Å². The molecule has 2 aromatic rings. The number of rotatable bonds is 7. The van der Waals surface area contributed by atoms with Gasteiger partial charge >= 0.3 is 0 Å². The molecule has 0 unspecified atom stereocenters. The van der Waals surface area contributed by atoms with E-state index in [1.165, 1.54) is 0 Å². The van der Waals surface area contributed by atoms with E-state index in [1.54, 1.807) is 13.3 Å². The van der Waals surface area contributed by atoms with Gasteiger partial charge in [-0.2, -0.15) is 0 Å². The van der Waals surface area contributed by atoms with Crippen LogP contribution in [0.3, 0.4) is 0 Å². The molecule has 0 aliphatic carbocycles. The maximum atomic E-state index is 11.7. The highest BCUT2D eigenvalue weighted by atomic mass is 16.5. The molecule has 1 amide bonds. The number of nitrogens with zero attached hydrogens (tertiary/aromatic N) is 1. The maximum Gasteiger partial charge on any atom is 0.234 e. The summed E-state index contributed by atoms with van der Waals surface area (Å²) in [6.45, 7) is 1.42. The number of methoxy groups -OCH3 is 1. The van der Waals surface area contributed by atoms with Gasteiger partial charge in [-0.3, -0.25) is 4.79 Å². The van der Waals surface area contributed by atoms with Crippen molar-refractivity contribution < 1.29 is 9.53 Å². The zero-order valence-corrected chi connectivity index (χ0v) is 12.0. The van der Waals surface area contributed by atoms with Gasteiger partial charge in [0.2, 0.25) is 11.8 Å². The fourth-order valence-corrected chi connectivity index (χ4v) is 1.85. The normalized spacial score (nSPS) is 10.1. The van der Waals surface area contributed by atoms with E-state index in [2.05, 4.69) is 15.6 Å². The first-order valence-electron chi connectivity index (χ1n) is 6.78. The highest BCUT2D eigenvalue weighted by molar-refractivity contribution is 5.77. The fourth-order valence-electron chi connectivity index (χ4n) is 1.85. The van der Waals surface area contributed by atoms with Gasteiger partial charge in [0, 0.05) is 25.4 Å². The third-order valence-electron chi connectivity index (χ3n) is 2.96. The Kier molecular flexibility index (Phi) is 5.72. The second-order valence-corrected chi connectivity index (χ2v) is 4.57. The summed E-state index contributed by atoms with van der Waals surface area (Å²) in [4.78, 5) is 15.8. The van der Waals surface area contributed by atoms with Crippen molar-refractivity contribution in [2.45, 2.75) is 13.1 Å². The van der Waals surface area contributed by atoms with Crippen molar-refractivity contribution in [3.8, 4) is 5.88 Å². The maximum absolute atomic E-state index is 11.7. The summed E-state index contributed by atoms with van der Waals surface area (Å²) in [6, 6.07) is 13.6. The van der Waals surface area contributed by atoms with Gasteiger partial charge < -0.3 is 15.4 Å². The fraction of sp³-hybridized carbons (Fsp3) is 0.250. The molecule has 1 aromatic carbocycles. The zero-order chi connectivity index (χ0) is 14.9. The van der Waals surface area contributed by atoms with E-state index in [1.807, 2.05) is 42.5 Å². The molecule has 1 heterocycles. The molecule has 0 saturated heterocycles. The Labute approximate surface area is 124 Å². The van der Waals surface area contributed by atoms with E-state index in [0.29, 0.717) is 19.0 Å². The summed E-state index contributed by atoms with van der Waals surface area (Å²) >= 11 is 0. The average molecular weight is 285 g/mol. The summed E-state index contributed by atoms with van der Waals surface area (Å²) < 4.78 is 5.05. The Morgan fingerprint density at radius 3 is 2.71 bits per heavy atom. The molecule has 0 aliphatic heterocycles. The van der Waals surface area contributed by atoms with E-state index in [9.17, 15) is 4.79 Å².